The molecule has 1 aliphatic rings. The van der Waals surface area contributed by atoms with Crippen LogP contribution in [0.25, 0.3) is 0 Å². The Labute approximate surface area is 188 Å². The molecule has 1 aliphatic heterocycles. The Morgan fingerprint density at radius 2 is 1.86 bits per heavy atom. The van der Waals surface area contributed by atoms with Crippen molar-refractivity contribution in [2.75, 3.05) is 33.3 Å². The van der Waals surface area contributed by atoms with Gasteiger partial charge in [-0.2, -0.15) is 13.2 Å². The van der Waals surface area contributed by atoms with Crippen LogP contribution in [0, 0.1) is 0 Å². The van der Waals surface area contributed by atoms with Crippen molar-refractivity contribution in [2.24, 2.45) is 4.99 Å². The first-order chi connectivity index (χ1) is 13.4. The van der Waals surface area contributed by atoms with Gasteiger partial charge in [-0.3, -0.25) is 9.89 Å². The number of hydrogen-bond acceptors (Lipinski definition) is 3. The molecule has 0 aromatic heterocycles. The second-order valence-electron chi connectivity index (χ2n) is 7.01. The fraction of sp³-hybridized carbons (Fsp3) is 0.650. The van der Waals surface area contributed by atoms with E-state index in [4.69, 9.17) is 0 Å². The van der Waals surface area contributed by atoms with Gasteiger partial charge < -0.3 is 15.4 Å². The smallest absolute Gasteiger partial charge is 0.367 e. The number of piperidine rings is 1. The lowest BCUT2D eigenvalue weighted by Gasteiger charge is -2.35. The number of hydrogen-bond donors (Lipinski definition) is 2. The zero-order valence-corrected chi connectivity index (χ0v) is 19.4. The van der Waals surface area contributed by atoms with Crippen molar-refractivity contribution in [3.8, 4) is 0 Å². The van der Waals surface area contributed by atoms with Crippen LogP contribution in [0.1, 0.15) is 37.3 Å². The first-order valence-electron chi connectivity index (χ1n) is 9.82. The summed E-state index contributed by atoms with van der Waals surface area (Å²) >= 11 is 0. The van der Waals surface area contributed by atoms with E-state index in [-0.39, 0.29) is 30.6 Å². The summed E-state index contributed by atoms with van der Waals surface area (Å²) in [6, 6.07) is 7.86. The van der Waals surface area contributed by atoms with E-state index in [1.54, 1.807) is 19.2 Å². The number of aliphatic imine (C=N–C) groups is 1. The van der Waals surface area contributed by atoms with Gasteiger partial charge in [0.2, 0.25) is 0 Å². The number of rotatable bonds is 8. The lowest BCUT2D eigenvalue weighted by molar-refractivity contribution is -0.176. The van der Waals surface area contributed by atoms with Crippen LogP contribution >= 0.6 is 24.0 Å². The zero-order chi connectivity index (χ0) is 20.4. The Balaban J connectivity index is 0.00000420. The average Bonchev–Trinajstić information content (AvgIpc) is 2.68. The van der Waals surface area contributed by atoms with Crippen LogP contribution in [0.5, 0.6) is 0 Å². The van der Waals surface area contributed by atoms with E-state index in [9.17, 15) is 13.2 Å². The van der Waals surface area contributed by atoms with Crippen LogP contribution < -0.4 is 10.6 Å². The minimum atomic E-state index is -4.29. The molecule has 0 amide bonds. The monoisotopic (exact) mass is 528 g/mol. The molecule has 166 valence electrons. The molecule has 0 radical (unpaired) electrons. The Morgan fingerprint density at radius 3 is 2.48 bits per heavy atom. The number of halogens is 4. The molecule has 1 unspecified atom stereocenters. The van der Waals surface area contributed by atoms with Gasteiger partial charge in [0.1, 0.15) is 6.61 Å². The highest BCUT2D eigenvalue weighted by molar-refractivity contribution is 14.0. The summed E-state index contributed by atoms with van der Waals surface area (Å²) in [5, 5.41) is 6.68. The highest BCUT2D eigenvalue weighted by atomic mass is 127. The maximum Gasteiger partial charge on any atom is 0.411 e. The average molecular weight is 528 g/mol. The van der Waals surface area contributed by atoms with Gasteiger partial charge >= 0.3 is 6.18 Å². The summed E-state index contributed by atoms with van der Waals surface area (Å²) in [5.41, 5.74) is 1.74. The van der Waals surface area contributed by atoms with Crippen LogP contribution in [-0.4, -0.2) is 56.4 Å². The molecule has 0 spiro atoms. The Morgan fingerprint density at radius 1 is 1.17 bits per heavy atom. The number of alkyl halides is 3. The molecule has 1 aromatic rings. The summed E-state index contributed by atoms with van der Waals surface area (Å²) in [5.74, 6) is 0.749. The topological polar surface area (TPSA) is 48.9 Å². The van der Waals surface area contributed by atoms with E-state index >= 15 is 0 Å². The third kappa shape index (κ3) is 9.99. The van der Waals surface area contributed by atoms with Gasteiger partial charge in [-0.1, -0.05) is 37.6 Å². The first kappa shape index (κ1) is 26.0. The maximum atomic E-state index is 12.1. The largest absolute Gasteiger partial charge is 0.411 e. The summed E-state index contributed by atoms with van der Waals surface area (Å²) in [6.07, 6.45) is -0.545. The molecule has 0 aliphatic carbocycles. The molecule has 1 saturated heterocycles. The van der Waals surface area contributed by atoms with Crippen LogP contribution in [0.2, 0.25) is 0 Å². The predicted octanol–water partition coefficient (Wildman–Crippen LogP) is 3.92. The normalized spacial score (nSPS) is 18.2. The molecule has 2 rings (SSSR count). The summed E-state index contributed by atoms with van der Waals surface area (Å²) in [4.78, 5) is 6.77. The van der Waals surface area contributed by atoms with Gasteiger partial charge in [0, 0.05) is 26.2 Å². The van der Waals surface area contributed by atoms with Gasteiger partial charge in [-0.25, -0.2) is 0 Å². The molecule has 1 fully saturated rings. The third-order valence-electron chi connectivity index (χ3n) is 4.90. The number of nitrogens with one attached hydrogen (secondary N) is 2. The van der Waals surface area contributed by atoms with E-state index in [2.05, 4.69) is 32.2 Å². The second kappa shape index (κ2) is 13.3. The van der Waals surface area contributed by atoms with E-state index in [1.807, 2.05) is 12.1 Å². The molecule has 5 nitrogen and oxygen atoms in total. The summed E-state index contributed by atoms with van der Waals surface area (Å²) in [6.45, 7) is 4.60. The fourth-order valence-electron chi connectivity index (χ4n) is 3.37. The minimum Gasteiger partial charge on any atom is -0.367 e. The lowest BCUT2D eigenvalue weighted by Crippen LogP contribution is -2.48. The number of benzene rings is 1. The van der Waals surface area contributed by atoms with Crippen LogP contribution in [0.4, 0.5) is 13.2 Å². The van der Waals surface area contributed by atoms with Crippen molar-refractivity contribution in [1.29, 1.82) is 0 Å². The van der Waals surface area contributed by atoms with Crippen molar-refractivity contribution in [3.05, 3.63) is 35.4 Å². The van der Waals surface area contributed by atoms with Crippen LogP contribution in [0.3, 0.4) is 0 Å². The quantitative estimate of drug-likeness (QED) is 0.305. The molecular weight excluding hydrogens is 496 g/mol. The lowest BCUT2D eigenvalue weighted by atomic mass is 10.0. The first-order valence-corrected chi connectivity index (χ1v) is 9.82. The molecule has 1 aromatic carbocycles. The summed E-state index contributed by atoms with van der Waals surface area (Å²) in [7, 11) is 1.74. The Hall–Kier alpha value is -1.07. The van der Waals surface area contributed by atoms with E-state index < -0.39 is 12.8 Å². The molecule has 1 atom stereocenters. The minimum absolute atomic E-state index is 0. The van der Waals surface area contributed by atoms with Gasteiger partial charge in [-0.05, 0) is 37.1 Å². The molecule has 1 heterocycles. The molecule has 29 heavy (non-hydrogen) atoms. The van der Waals surface area contributed by atoms with Crippen LogP contribution in [0.15, 0.2) is 29.3 Å². The van der Waals surface area contributed by atoms with Crippen molar-refractivity contribution < 1.29 is 17.9 Å². The van der Waals surface area contributed by atoms with Crippen molar-refractivity contribution in [1.82, 2.24) is 15.5 Å². The number of likely N-dealkylation sites (N-methyl/N-ethyl adjacent to an activating group) is 1. The predicted molar refractivity (Wildman–Crippen MR) is 121 cm³/mol. The van der Waals surface area contributed by atoms with Gasteiger partial charge in [0.15, 0.2) is 5.96 Å². The number of nitrogens with zero attached hydrogens (tertiary/aromatic N) is 2. The fourth-order valence-corrected chi connectivity index (χ4v) is 3.37. The van der Waals surface area contributed by atoms with E-state index in [0.717, 1.165) is 31.2 Å². The van der Waals surface area contributed by atoms with E-state index in [0.29, 0.717) is 18.2 Å². The van der Waals surface area contributed by atoms with Crippen molar-refractivity contribution in [3.63, 3.8) is 0 Å². The highest BCUT2D eigenvalue weighted by Crippen LogP contribution is 2.16. The highest BCUT2D eigenvalue weighted by Gasteiger charge is 2.27. The zero-order valence-electron chi connectivity index (χ0n) is 17.1. The molecule has 0 bridgehead atoms. The van der Waals surface area contributed by atoms with Crippen molar-refractivity contribution in [2.45, 2.75) is 51.6 Å². The molecule has 2 N–H and O–H groups in total. The SMILES string of the molecule is CCN1CCCCC1CNC(=NC)NCc1ccc(COCC(F)(F)F)cc1.I. The molecule has 9 heteroatoms. The van der Waals surface area contributed by atoms with Crippen molar-refractivity contribution >= 4 is 29.9 Å². The maximum absolute atomic E-state index is 12.1. The number of guanidine groups is 1. The van der Waals surface area contributed by atoms with Gasteiger partial charge in [0.05, 0.1) is 6.61 Å². The van der Waals surface area contributed by atoms with Gasteiger partial charge in [0.25, 0.3) is 0 Å². The van der Waals surface area contributed by atoms with Crippen LogP contribution in [-0.2, 0) is 17.9 Å². The molecular formula is C20H32F3IN4O. The molecule has 0 saturated carbocycles. The number of ether oxygens (including phenoxy) is 1. The second-order valence-corrected chi connectivity index (χ2v) is 7.01. The van der Waals surface area contributed by atoms with Gasteiger partial charge in [-0.15, -0.1) is 24.0 Å². The van der Waals surface area contributed by atoms with E-state index in [1.165, 1.54) is 19.3 Å². The Kier molecular flexibility index (Phi) is 11.9. The third-order valence-corrected chi connectivity index (χ3v) is 4.90. The summed E-state index contributed by atoms with van der Waals surface area (Å²) < 4.78 is 41.0. The number of likely N-dealkylation sites (tertiary alicyclic amines) is 1. The standard InChI is InChI=1S/C20H31F3N4O.HI/c1-3-27-11-5-4-6-18(27)13-26-19(24-2)25-12-16-7-9-17(10-8-16)14-28-15-20(21,22)23;/h7-10,18H,3-6,11-15H2,1-2H3,(H2,24,25,26);1H. The Bertz CT molecular complexity index is 611.